The van der Waals surface area contributed by atoms with Crippen LogP contribution in [0.15, 0.2) is 5.38 Å². The van der Waals surface area contributed by atoms with Gasteiger partial charge in [0.1, 0.15) is 0 Å². The number of anilines is 1. The first-order chi connectivity index (χ1) is 12.0. The van der Waals surface area contributed by atoms with Gasteiger partial charge in [0.15, 0.2) is 5.13 Å². The van der Waals surface area contributed by atoms with Gasteiger partial charge < -0.3 is 15.0 Å². The van der Waals surface area contributed by atoms with Gasteiger partial charge in [-0.2, -0.15) is 0 Å². The van der Waals surface area contributed by atoms with Gasteiger partial charge in [-0.05, 0) is 26.2 Å². The molecule has 0 aromatic carbocycles. The Kier molecular flexibility index (Phi) is 10.3. The molecule has 0 fully saturated rings. The highest BCUT2D eigenvalue weighted by Crippen LogP contribution is 2.17. The van der Waals surface area contributed by atoms with E-state index in [2.05, 4.69) is 17.2 Å². The Morgan fingerprint density at radius 1 is 1.36 bits per heavy atom. The molecule has 6 nitrogen and oxygen atoms in total. The lowest BCUT2D eigenvalue weighted by Crippen LogP contribution is -2.42. The van der Waals surface area contributed by atoms with Gasteiger partial charge in [-0.15, -0.1) is 11.3 Å². The summed E-state index contributed by atoms with van der Waals surface area (Å²) in [7, 11) is 1.64. The summed E-state index contributed by atoms with van der Waals surface area (Å²) in [4.78, 5) is 31.1. The van der Waals surface area contributed by atoms with Crippen LogP contribution in [0.1, 0.15) is 51.6 Å². The number of thiazole rings is 1. The fourth-order valence-corrected chi connectivity index (χ4v) is 3.33. The number of unbranched alkanes of at least 4 members (excludes halogenated alkanes) is 1. The van der Waals surface area contributed by atoms with E-state index in [1.54, 1.807) is 12.0 Å². The van der Waals surface area contributed by atoms with E-state index in [1.165, 1.54) is 11.3 Å². The summed E-state index contributed by atoms with van der Waals surface area (Å²) in [5.74, 6) is -0.152. The minimum Gasteiger partial charge on any atom is -0.385 e. The second-order valence-corrected chi connectivity index (χ2v) is 7.05. The Hall–Kier alpha value is -1.47. The molecule has 0 spiro atoms. The number of aryl methyl sites for hydroxylation is 1. The van der Waals surface area contributed by atoms with E-state index in [9.17, 15) is 9.59 Å². The van der Waals surface area contributed by atoms with Gasteiger partial charge in [-0.25, -0.2) is 4.98 Å². The van der Waals surface area contributed by atoms with Crippen molar-refractivity contribution >= 4 is 28.3 Å². The third-order valence-corrected chi connectivity index (χ3v) is 4.91. The van der Waals surface area contributed by atoms with Crippen LogP contribution in [-0.2, 0) is 14.3 Å². The number of amides is 2. The minimum absolute atomic E-state index is 0.0163. The van der Waals surface area contributed by atoms with Gasteiger partial charge in [0, 0.05) is 31.6 Å². The molecular formula is C18H31N3O3S. The van der Waals surface area contributed by atoms with Gasteiger partial charge in [0.2, 0.25) is 11.8 Å². The number of rotatable bonds is 12. The number of nitrogens with one attached hydrogen (secondary N) is 1. The largest absolute Gasteiger partial charge is 0.385 e. The monoisotopic (exact) mass is 369 g/mol. The number of nitrogens with zero attached hydrogens (tertiary/aromatic N) is 2. The first-order valence-electron chi connectivity index (χ1n) is 9.01. The molecule has 0 unspecified atom stereocenters. The number of hydrogen-bond donors (Lipinski definition) is 1. The minimum atomic E-state index is -0.203. The van der Waals surface area contributed by atoms with Crippen LogP contribution in [0.25, 0.3) is 0 Å². The molecule has 1 aromatic heterocycles. The number of carbonyl (C=O) groups excluding carboxylic acids is 2. The van der Waals surface area contributed by atoms with Crippen LogP contribution < -0.4 is 5.32 Å². The molecule has 142 valence electrons. The quantitative estimate of drug-likeness (QED) is 0.573. The van der Waals surface area contributed by atoms with Crippen molar-refractivity contribution in [1.82, 2.24) is 9.88 Å². The van der Waals surface area contributed by atoms with E-state index in [0.717, 1.165) is 37.8 Å². The first kappa shape index (κ1) is 21.6. The van der Waals surface area contributed by atoms with Crippen molar-refractivity contribution in [1.29, 1.82) is 0 Å². The predicted octanol–water partition coefficient (Wildman–Crippen LogP) is 3.47. The highest BCUT2D eigenvalue weighted by Gasteiger charge is 2.24. The average molecular weight is 370 g/mol. The van der Waals surface area contributed by atoms with Crippen LogP contribution in [0.2, 0.25) is 0 Å². The van der Waals surface area contributed by atoms with Crippen molar-refractivity contribution in [3.05, 3.63) is 11.1 Å². The molecule has 1 rings (SSSR count). The van der Waals surface area contributed by atoms with Gasteiger partial charge >= 0.3 is 0 Å². The molecular weight excluding hydrogens is 338 g/mol. The van der Waals surface area contributed by atoms with Crippen LogP contribution in [0.4, 0.5) is 5.13 Å². The number of hydrogen-bond acceptors (Lipinski definition) is 5. The molecule has 1 heterocycles. The molecule has 0 aliphatic carbocycles. The van der Waals surface area contributed by atoms with Gasteiger partial charge in [0.05, 0.1) is 12.2 Å². The number of carbonyl (C=O) groups is 2. The van der Waals surface area contributed by atoms with E-state index in [-0.39, 0.29) is 24.3 Å². The van der Waals surface area contributed by atoms with Crippen LogP contribution in [0.3, 0.4) is 0 Å². The standard InChI is InChI=1S/C18H31N3O3S/c1-5-7-9-15(6-2)17(23)21(10-8-11-24-4)12-16(22)20-18-19-14(3)13-25-18/h13,15H,5-12H2,1-4H3,(H,19,20,22)/t15-/m0/s1. The lowest BCUT2D eigenvalue weighted by molar-refractivity contribution is -0.139. The molecule has 0 bridgehead atoms. The van der Waals surface area contributed by atoms with Crippen molar-refractivity contribution < 1.29 is 14.3 Å². The van der Waals surface area contributed by atoms with Crippen molar-refractivity contribution in [3.8, 4) is 0 Å². The van der Waals surface area contributed by atoms with Crippen LogP contribution >= 0.6 is 11.3 Å². The van der Waals surface area contributed by atoms with Crippen LogP contribution in [-0.4, -0.2) is 48.5 Å². The fraction of sp³-hybridized carbons (Fsp3) is 0.722. The van der Waals surface area contributed by atoms with E-state index in [4.69, 9.17) is 4.74 Å². The Balaban J connectivity index is 2.69. The molecule has 1 atom stereocenters. The zero-order chi connectivity index (χ0) is 18.7. The topological polar surface area (TPSA) is 71.5 Å². The Labute approximate surface area is 155 Å². The molecule has 0 saturated carbocycles. The zero-order valence-corrected chi connectivity index (χ0v) is 16.7. The summed E-state index contributed by atoms with van der Waals surface area (Å²) in [6.45, 7) is 7.19. The molecule has 0 aliphatic rings. The second kappa shape index (κ2) is 12.0. The SMILES string of the molecule is CCCC[C@H](CC)C(=O)N(CCCOC)CC(=O)Nc1nc(C)cs1. The molecule has 7 heteroatoms. The van der Waals surface area contributed by atoms with Crippen molar-refractivity contribution in [2.45, 2.75) is 52.9 Å². The number of methoxy groups -OCH3 is 1. The maximum Gasteiger partial charge on any atom is 0.245 e. The van der Waals surface area contributed by atoms with E-state index in [0.29, 0.717) is 18.3 Å². The Morgan fingerprint density at radius 3 is 2.68 bits per heavy atom. The summed E-state index contributed by atoms with van der Waals surface area (Å²) < 4.78 is 5.08. The summed E-state index contributed by atoms with van der Waals surface area (Å²) in [5, 5.41) is 5.24. The molecule has 0 radical (unpaired) electrons. The third-order valence-electron chi connectivity index (χ3n) is 4.04. The predicted molar refractivity (Wildman–Crippen MR) is 102 cm³/mol. The fourth-order valence-electron chi connectivity index (χ4n) is 2.62. The van der Waals surface area contributed by atoms with Crippen molar-refractivity contribution in [3.63, 3.8) is 0 Å². The molecule has 1 N–H and O–H groups in total. The second-order valence-electron chi connectivity index (χ2n) is 6.20. The average Bonchev–Trinajstić information content (AvgIpc) is 2.99. The summed E-state index contributed by atoms with van der Waals surface area (Å²) >= 11 is 1.39. The molecule has 0 aliphatic heterocycles. The molecule has 0 saturated heterocycles. The maximum absolute atomic E-state index is 12.9. The van der Waals surface area contributed by atoms with Crippen LogP contribution in [0.5, 0.6) is 0 Å². The Bertz CT molecular complexity index is 533. The lowest BCUT2D eigenvalue weighted by Gasteiger charge is -2.26. The van der Waals surface area contributed by atoms with E-state index < -0.39 is 0 Å². The number of ether oxygens (including phenoxy) is 1. The van der Waals surface area contributed by atoms with Gasteiger partial charge in [-0.1, -0.05) is 26.7 Å². The van der Waals surface area contributed by atoms with Crippen molar-refractivity contribution in [2.24, 2.45) is 5.92 Å². The smallest absolute Gasteiger partial charge is 0.245 e. The Morgan fingerprint density at radius 2 is 2.12 bits per heavy atom. The molecule has 2 amide bonds. The lowest BCUT2D eigenvalue weighted by atomic mass is 9.97. The first-order valence-corrected chi connectivity index (χ1v) is 9.89. The molecule has 25 heavy (non-hydrogen) atoms. The highest BCUT2D eigenvalue weighted by molar-refractivity contribution is 7.13. The van der Waals surface area contributed by atoms with E-state index >= 15 is 0 Å². The highest BCUT2D eigenvalue weighted by atomic mass is 32.1. The third kappa shape index (κ3) is 7.96. The normalized spacial score (nSPS) is 12.0. The maximum atomic E-state index is 12.9. The van der Waals surface area contributed by atoms with Gasteiger partial charge in [-0.3, -0.25) is 9.59 Å². The summed E-state index contributed by atoms with van der Waals surface area (Å²) in [6, 6.07) is 0. The van der Waals surface area contributed by atoms with E-state index in [1.807, 2.05) is 19.2 Å². The summed E-state index contributed by atoms with van der Waals surface area (Å²) in [6.07, 6.45) is 4.49. The van der Waals surface area contributed by atoms with Crippen LogP contribution in [0, 0.1) is 12.8 Å². The van der Waals surface area contributed by atoms with Crippen molar-refractivity contribution in [2.75, 3.05) is 32.1 Å². The summed E-state index contributed by atoms with van der Waals surface area (Å²) in [5.41, 5.74) is 0.874. The molecule has 1 aromatic rings. The number of aromatic nitrogens is 1. The van der Waals surface area contributed by atoms with Gasteiger partial charge in [0.25, 0.3) is 0 Å². The zero-order valence-electron chi connectivity index (χ0n) is 15.8.